The molecule has 1 N–H and O–H groups in total. The van der Waals surface area contributed by atoms with Crippen molar-refractivity contribution in [1.82, 2.24) is 5.32 Å². The third kappa shape index (κ3) is 5.40. The van der Waals surface area contributed by atoms with Gasteiger partial charge in [-0.25, -0.2) is 0 Å². The van der Waals surface area contributed by atoms with Gasteiger partial charge in [-0.2, -0.15) is 8.78 Å². The smallest absolute Gasteiger partial charge is 0.387 e. The molecule has 1 aromatic carbocycles. The summed E-state index contributed by atoms with van der Waals surface area (Å²) in [4.78, 5) is 11.1. The number of hydrogen-bond acceptors (Lipinski definition) is 5. The van der Waals surface area contributed by atoms with Crippen molar-refractivity contribution in [2.45, 2.75) is 20.1 Å². The van der Waals surface area contributed by atoms with Gasteiger partial charge >= 0.3 is 12.6 Å². The van der Waals surface area contributed by atoms with Gasteiger partial charge in [0.05, 0.1) is 20.3 Å². The summed E-state index contributed by atoms with van der Waals surface area (Å²) in [6, 6.07) is 4.65. The summed E-state index contributed by atoms with van der Waals surface area (Å²) in [6.45, 7) is -0.524. The van der Waals surface area contributed by atoms with Crippen LogP contribution in [0.15, 0.2) is 18.2 Å². The van der Waals surface area contributed by atoms with Crippen LogP contribution in [0.5, 0.6) is 11.5 Å². The molecule has 0 amide bonds. The maximum Gasteiger partial charge on any atom is 0.387 e. The van der Waals surface area contributed by atoms with Crippen molar-refractivity contribution in [3.05, 3.63) is 23.8 Å². The first-order valence-electron chi connectivity index (χ1n) is 6.04. The second kappa shape index (κ2) is 8.31. The van der Waals surface area contributed by atoms with Crippen LogP contribution >= 0.6 is 0 Å². The molecular weight excluding hydrogens is 272 g/mol. The van der Waals surface area contributed by atoms with Crippen LogP contribution in [0.1, 0.15) is 12.5 Å². The van der Waals surface area contributed by atoms with E-state index in [1.165, 1.54) is 19.2 Å². The Hall–Kier alpha value is -1.89. The van der Waals surface area contributed by atoms with Gasteiger partial charge in [-0.3, -0.25) is 4.79 Å². The second-order valence-corrected chi connectivity index (χ2v) is 3.77. The second-order valence-electron chi connectivity index (χ2n) is 3.77. The number of hydrogen-bond donors (Lipinski definition) is 1. The Labute approximate surface area is 115 Å². The summed E-state index contributed by atoms with van der Waals surface area (Å²) in [6.07, 6.45) is 0. The standard InChI is InChI=1S/C13H17F2NO4/c1-3-19-12(17)8-16-7-9-4-5-10(18-2)11(6-9)20-13(14)15/h4-6,13,16H,3,7-8H2,1-2H3. The van der Waals surface area contributed by atoms with Gasteiger partial charge in [0.1, 0.15) is 0 Å². The summed E-state index contributed by atoms with van der Waals surface area (Å²) >= 11 is 0. The first-order valence-corrected chi connectivity index (χ1v) is 6.04. The maximum absolute atomic E-state index is 12.3. The molecule has 0 atom stereocenters. The van der Waals surface area contributed by atoms with Crippen LogP contribution in [-0.2, 0) is 16.1 Å². The molecule has 0 aromatic heterocycles. The van der Waals surface area contributed by atoms with E-state index in [-0.39, 0.29) is 24.0 Å². The Morgan fingerprint density at radius 1 is 1.35 bits per heavy atom. The lowest BCUT2D eigenvalue weighted by Gasteiger charge is -2.12. The summed E-state index contributed by atoms with van der Waals surface area (Å²) in [5.74, 6) is -0.192. The monoisotopic (exact) mass is 289 g/mol. The molecule has 1 rings (SSSR count). The number of esters is 1. The molecule has 0 heterocycles. The lowest BCUT2D eigenvalue weighted by Crippen LogP contribution is -2.24. The highest BCUT2D eigenvalue weighted by Gasteiger charge is 2.11. The van der Waals surface area contributed by atoms with E-state index in [2.05, 4.69) is 10.1 Å². The molecule has 0 aliphatic carbocycles. The highest BCUT2D eigenvalue weighted by Crippen LogP contribution is 2.29. The molecular formula is C13H17F2NO4. The summed E-state index contributed by atoms with van der Waals surface area (Å²) < 4.78 is 38.5. The van der Waals surface area contributed by atoms with E-state index in [1.54, 1.807) is 13.0 Å². The topological polar surface area (TPSA) is 56.8 Å². The summed E-state index contributed by atoms with van der Waals surface area (Å²) in [7, 11) is 1.37. The molecule has 1 aromatic rings. The maximum atomic E-state index is 12.3. The van der Waals surface area contributed by atoms with Gasteiger partial charge in [0.25, 0.3) is 0 Å². The molecule has 0 saturated carbocycles. The SMILES string of the molecule is CCOC(=O)CNCc1ccc(OC)c(OC(F)F)c1. The highest BCUT2D eigenvalue weighted by atomic mass is 19.3. The first kappa shape index (κ1) is 16.2. The first-order chi connectivity index (χ1) is 9.56. The Morgan fingerprint density at radius 3 is 2.70 bits per heavy atom. The Bertz CT molecular complexity index is 440. The van der Waals surface area contributed by atoms with E-state index in [4.69, 9.17) is 9.47 Å². The molecule has 0 saturated heterocycles. The van der Waals surface area contributed by atoms with Crippen molar-refractivity contribution in [3.63, 3.8) is 0 Å². The predicted molar refractivity (Wildman–Crippen MR) is 68.0 cm³/mol. The quantitative estimate of drug-likeness (QED) is 0.741. The fourth-order valence-electron chi connectivity index (χ4n) is 1.54. The third-order valence-corrected chi connectivity index (χ3v) is 2.35. The van der Waals surface area contributed by atoms with Gasteiger partial charge in [-0.1, -0.05) is 6.07 Å². The zero-order chi connectivity index (χ0) is 15.0. The van der Waals surface area contributed by atoms with Crippen LogP contribution in [0.2, 0.25) is 0 Å². The zero-order valence-corrected chi connectivity index (χ0v) is 11.3. The molecule has 0 aliphatic rings. The molecule has 7 heteroatoms. The molecule has 0 radical (unpaired) electrons. The van der Waals surface area contributed by atoms with Crippen LogP contribution in [0.3, 0.4) is 0 Å². The number of methoxy groups -OCH3 is 1. The van der Waals surface area contributed by atoms with Gasteiger partial charge < -0.3 is 19.5 Å². The van der Waals surface area contributed by atoms with E-state index < -0.39 is 6.61 Å². The molecule has 0 fully saturated rings. The predicted octanol–water partition coefficient (Wildman–Crippen LogP) is 1.95. The summed E-state index contributed by atoms with van der Waals surface area (Å²) in [5.41, 5.74) is 0.686. The van der Waals surface area contributed by atoms with Crippen molar-refractivity contribution in [2.24, 2.45) is 0 Å². The number of alkyl halides is 2. The fourth-order valence-corrected chi connectivity index (χ4v) is 1.54. The number of carbonyl (C=O) groups excluding carboxylic acids is 1. The Morgan fingerprint density at radius 2 is 2.10 bits per heavy atom. The molecule has 0 unspecified atom stereocenters. The van der Waals surface area contributed by atoms with Crippen LogP contribution < -0.4 is 14.8 Å². The van der Waals surface area contributed by atoms with E-state index in [0.29, 0.717) is 18.7 Å². The number of carbonyl (C=O) groups is 1. The molecule has 0 bridgehead atoms. The van der Waals surface area contributed by atoms with Gasteiger partial charge in [-0.15, -0.1) is 0 Å². The van der Waals surface area contributed by atoms with Crippen molar-refractivity contribution < 1.29 is 27.8 Å². The van der Waals surface area contributed by atoms with E-state index >= 15 is 0 Å². The van der Waals surface area contributed by atoms with Crippen molar-refractivity contribution in [1.29, 1.82) is 0 Å². The number of rotatable bonds is 8. The Balaban J connectivity index is 2.60. The number of halogens is 2. The van der Waals surface area contributed by atoms with Crippen molar-refractivity contribution in [3.8, 4) is 11.5 Å². The molecule has 112 valence electrons. The zero-order valence-electron chi connectivity index (χ0n) is 11.3. The normalized spacial score (nSPS) is 10.4. The summed E-state index contributed by atoms with van der Waals surface area (Å²) in [5, 5.41) is 2.85. The third-order valence-electron chi connectivity index (χ3n) is 2.35. The minimum Gasteiger partial charge on any atom is -0.493 e. The average Bonchev–Trinajstić information content (AvgIpc) is 2.38. The van der Waals surface area contributed by atoms with Gasteiger partial charge in [0.15, 0.2) is 11.5 Å². The minimum absolute atomic E-state index is 0.0436. The molecule has 20 heavy (non-hydrogen) atoms. The fraction of sp³-hybridized carbons (Fsp3) is 0.462. The van der Waals surface area contributed by atoms with E-state index in [9.17, 15) is 13.6 Å². The Kier molecular flexibility index (Phi) is 6.72. The molecule has 0 aliphatic heterocycles. The highest BCUT2D eigenvalue weighted by molar-refractivity contribution is 5.71. The van der Waals surface area contributed by atoms with Crippen LogP contribution in [0.4, 0.5) is 8.78 Å². The van der Waals surface area contributed by atoms with Crippen LogP contribution in [-0.4, -0.2) is 32.8 Å². The van der Waals surface area contributed by atoms with Crippen LogP contribution in [0.25, 0.3) is 0 Å². The van der Waals surface area contributed by atoms with Crippen molar-refractivity contribution >= 4 is 5.97 Å². The minimum atomic E-state index is -2.92. The lowest BCUT2D eigenvalue weighted by molar-refractivity contribution is -0.142. The van der Waals surface area contributed by atoms with Gasteiger partial charge in [0.2, 0.25) is 0 Å². The lowest BCUT2D eigenvalue weighted by atomic mass is 10.2. The van der Waals surface area contributed by atoms with E-state index in [1.807, 2.05) is 0 Å². The van der Waals surface area contributed by atoms with Crippen molar-refractivity contribution in [2.75, 3.05) is 20.3 Å². The number of benzene rings is 1. The molecule has 0 spiro atoms. The van der Waals surface area contributed by atoms with Gasteiger partial charge in [0, 0.05) is 6.54 Å². The average molecular weight is 289 g/mol. The number of ether oxygens (including phenoxy) is 3. The number of nitrogens with one attached hydrogen (secondary N) is 1. The molecule has 5 nitrogen and oxygen atoms in total. The van der Waals surface area contributed by atoms with E-state index in [0.717, 1.165) is 0 Å². The van der Waals surface area contributed by atoms with Gasteiger partial charge in [-0.05, 0) is 24.6 Å². The largest absolute Gasteiger partial charge is 0.493 e. The van der Waals surface area contributed by atoms with Crippen LogP contribution in [0, 0.1) is 0 Å².